The monoisotopic (exact) mass is 288 g/mol. The first-order valence-electron chi connectivity index (χ1n) is 6.88. The summed E-state index contributed by atoms with van der Waals surface area (Å²) in [7, 11) is 3.83. The highest BCUT2D eigenvalue weighted by Gasteiger charge is 2.41. The van der Waals surface area contributed by atoms with Crippen LogP contribution in [0.15, 0.2) is 41.7 Å². The average molecular weight is 288 g/mol. The summed E-state index contributed by atoms with van der Waals surface area (Å²) in [6.45, 7) is 2.49. The van der Waals surface area contributed by atoms with Crippen molar-refractivity contribution in [2.24, 2.45) is 0 Å². The minimum absolute atomic E-state index is 0.185. The van der Waals surface area contributed by atoms with Gasteiger partial charge in [0.2, 0.25) is 0 Å². The number of ketones is 1. The molecule has 1 heterocycles. The lowest BCUT2D eigenvalue weighted by Crippen LogP contribution is -2.36. The van der Waals surface area contributed by atoms with E-state index in [0.717, 1.165) is 5.56 Å². The Labute approximate surface area is 124 Å². The first kappa shape index (κ1) is 15.3. The minimum atomic E-state index is -0.504. The molecule has 1 aromatic carbocycles. The van der Waals surface area contributed by atoms with Crippen LogP contribution in [-0.2, 0) is 9.59 Å². The summed E-state index contributed by atoms with van der Waals surface area (Å²) in [6, 6.07) is 8.82. The van der Waals surface area contributed by atoms with E-state index < -0.39 is 17.7 Å². The zero-order chi connectivity index (χ0) is 15.6. The lowest BCUT2D eigenvalue weighted by atomic mass is 9.97. The highest BCUT2D eigenvalue weighted by atomic mass is 16.3. The number of likely N-dealkylation sites (N-methyl/N-ethyl adjacent to an activating group) is 1. The summed E-state index contributed by atoms with van der Waals surface area (Å²) in [5, 5.41) is 10.0. The first-order chi connectivity index (χ1) is 9.93. The SMILES string of the molecule is CC(=O)C1=C(O)C(=O)N(CCN(C)C)[C@@H]1c1ccccc1. The van der Waals surface area contributed by atoms with E-state index in [9.17, 15) is 14.7 Å². The molecule has 2 rings (SSSR count). The molecule has 0 saturated carbocycles. The van der Waals surface area contributed by atoms with Crippen LogP contribution in [0.1, 0.15) is 18.5 Å². The van der Waals surface area contributed by atoms with Gasteiger partial charge in [0.15, 0.2) is 11.5 Å². The van der Waals surface area contributed by atoms with Crippen molar-refractivity contribution in [3.8, 4) is 0 Å². The number of aliphatic hydroxyl groups is 1. The van der Waals surface area contributed by atoms with Gasteiger partial charge in [0.05, 0.1) is 11.6 Å². The number of hydrogen-bond donors (Lipinski definition) is 1. The van der Waals surface area contributed by atoms with Gasteiger partial charge in [-0.15, -0.1) is 0 Å². The standard InChI is InChI=1S/C16H20N2O3/c1-11(19)13-14(12-7-5-4-6-8-12)18(10-9-17(2)3)16(21)15(13)20/h4-8,14,20H,9-10H2,1-3H3/t14-/m1/s1. The smallest absolute Gasteiger partial charge is 0.290 e. The van der Waals surface area contributed by atoms with Gasteiger partial charge in [-0.3, -0.25) is 9.59 Å². The Balaban J connectivity index is 2.41. The second-order valence-electron chi connectivity index (χ2n) is 5.43. The Kier molecular flexibility index (Phi) is 4.43. The summed E-state index contributed by atoms with van der Waals surface area (Å²) < 4.78 is 0. The molecule has 0 bridgehead atoms. The van der Waals surface area contributed by atoms with Crippen molar-refractivity contribution in [3.05, 3.63) is 47.2 Å². The molecular weight excluding hydrogens is 268 g/mol. The number of aliphatic hydroxyl groups excluding tert-OH is 1. The number of Topliss-reactive ketones (excluding diaryl/α,β-unsaturated/α-hetero) is 1. The molecule has 1 amide bonds. The molecule has 0 aliphatic carbocycles. The molecule has 0 spiro atoms. The van der Waals surface area contributed by atoms with Gasteiger partial charge in [-0.25, -0.2) is 0 Å². The Hall–Kier alpha value is -2.14. The van der Waals surface area contributed by atoms with Crippen LogP contribution in [0, 0.1) is 0 Å². The molecule has 1 N–H and O–H groups in total. The molecule has 5 nitrogen and oxygen atoms in total. The van der Waals surface area contributed by atoms with E-state index in [1.165, 1.54) is 6.92 Å². The van der Waals surface area contributed by atoms with Crippen LogP contribution in [0.4, 0.5) is 0 Å². The summed E-state index contributed by atoms with van der Waals surface area (Å²) in [4.78, 5) is 27.6. The summed E-state index contributed by atoms with van der Waals surface area (Å²) >= 11 is 0. The van der Waals surface area contributed by atoms with Crippen molar-refractivity contribution in [1.82, 2.24) is 9.80 Å². The number of hydrogen-bond acceptors (Lipinski definition) is 4. The molecule has 1 aliphatic heterocycles. The molecule has 0 saturated heterocycles. The van der Waals surface area contributed by atoms with Gasteiger partial charge in [-0.2, -0.15) is 0 Å². The molecule has 21 heavy (non-hydrogen) atoms. The summed E-state index contributed by atoms with van der Waals surface area (Å²) in [5.41, 5.74) is 1.02. The predicted molar refractivity (Wildman–Crippen MR) is 79.8 cm³/mol. The van der Waals surface area contributed by atoms with Crippen LogP contribution in [0.5, 0.6) is 0 Å². The second kappa shape index (κ2) is 6.10. The fourth-order valence-electron chi connectivity index (χ4n) is 2.53. The third-order valence-corrected chi connectivity index (χ3v) is 3.59. The highest BCUT2D eigenvalue weighted by molar-refractivity contribution is 6.08. The maximum absolute atomic E-state index is 12.3. The Morgan fingerprint density at radius 2 is 1.90 bits per heavy atom. The number of carbonyl (C=O) groups is 2. The minimum Gasteiger partial charge on any atom is -0.503 e. The fraction of sp³-hybridized carbons (Fsp3) is 0.375. The average Bonchev–Trinajstić information content (AvgIpc) is 2.70. The number of rotatable bonds is 5. The second-order valence-corrected chi connectivity index (χ2v) is 5.43. The zero-order valence-corrected chi connectivity index (χ0v) is 12.5. The van der Waals surface area contributed by atoms with Crippen LogP contribution in [0.3, 0.4) is 0 Å². The molecule has 1 aliphatic rings. The van der Waals surface area contributed by atoms with E-state index in [2.05, 4.69) is 0 Å². The van der Waals surface area contributed by atoms with Crippen LogP contribution in [-0.4, -0.2) is 53.8 Å². The van der Waals surface area contributed by atoms with Gasteiger partial charge in [0.25, 0.3) is 5.91 Å². The third kappa shape index (κ3) is 2.97. The highest BCUT2D eigenvalue weighted by Crippen LogP contribution is 2.37. The van der Waals surface area contributed by atoms with Gasteiger partial charge in [-0.05, 0) is 26.6 Å². The van der Waals surface area contributed by atoms with Gasteiger partial charge in [0.1, 0.15) is 0 Å². The quantitative estimate of drug-likeness (QED) is 0.892. The van der Waals surface area contributed by atoms with Crippen LogP contribution < -0.4 is 0 Å². The van der Waals surface area contributed by atoms with Crippen molar-refractivity contribution in [3.63, 3.8) is 0 Å². The van der Waals surface area contributed by atoms with E-state index in [4.69, 9.17) is 0 Å². The molecule has 0 radical (unpaired) electrons. The molecule has 0 unspecified atom stereocenters. The van der Waals surface area contributed by atoms with Gasteiger partial charge in [0, 0.05) is 13.1 Å². The predicted octanol–water partition coefficient (Wildman–Crippen LogP) is 1.53. The Morgan fingerprint density at radius 3 is 2.43 bits per heavy atom. The number of benzene rings is 1. The molecule has 1 atom stereocenters. The lowest BCUT2D eigenvalue weighted by Gasteiger charge is -2.27. The van der Waals surface area contributed by atoms with Crippen molar-refractivity contribution in [2.75, 3.05) is 27.2 Å². The van der Waals surface area contributed by atoms with Gasteiger partial charge < -0.3 is 14.9 Å². The fourth-order valence-corrected chi connectivity index (χ4v) is 2.53. The van der Waals surface area contributed by atoms with Crippen molar-refractivity contribution in [2.45, 2.75) is 13.0 Å². The third-order valence-electron chi connectivity index (χ3n) is 3.59. The van der Waals surface area contributed by atoms with Crippen LogP contribution in [0.25, 0.3) is 0 Å². The van der Waals surface area contributed by atoms with Crippen molar-refractivity contribution >= 4 is 11.7 Å². The van der Waals surface area contributed by atoms with E-state index >= 15 is 0 Å². The zero-order valence-electron chi connectivity index (χ0n) is 12.5. The van der Waals surface area contributed by atoms with E-state index in [-0.39, 0.29) is 11.4 Å². The molecular formula is C16H20N2O3. The topological polar surface area (TPSA) is 60.9 Å². The van der Waals surface area contributed by atoms with Crippen molar-refractivity contribution in [1.29, 1.82) is 0 Å². The summed E-state index contributed by atoms with van der Waals surface area (Å²) in [5.74, 6) is -1.17. The normalized spacial score (nSPS) is 18.8. The largest absolute Gasteiger partial charge is 0.503 e. The van der Waals surface area contributed by atoms with E-state index in [1.807, 2.05) is 49.3 Å². The Morgan fingerprint density at radius 1 is 1.29 bits per heavy atom. The molecule has 0 fully saturated rings. The van der Waals surface area contributed by atoms with E-state index in [0.29, 0.717) is 13.1 Å². The molecule has 1 aromatic rings. The number of carbonyl (C=O) groups excluding carboxylic acids is 2. The maximum Gasteiger partial charge on any atom is 0.290 e. The van der Waals surface area contributed by atoms with Crippen molar-refractivity contribution < 1.29 is 14.7 Å². The Bertz CT molecular complexity index is 578. The van der Waals surface area contributed by atoms with E-state index in [1.54, 1.807) is 4.90 Å². The molecule has 5 heteroatoms. The maximum atomic E-state index is 12.3. The van der Waals surface area contributed by atoms with Crippen LogP contribution in [0.2, 0.25) is 0 Å². The molecule has 112 valence electrons. The van der Waals surface area contributed by atoms with Gasteiger partial charge in [-0.1, -0.05) is 30.3 Å². The molecule has 0 aromatic heterocycles. The number of amides is 1. The van der Waals surface area contributed by atoms with Crippen LogP contribution >= 0.6 is 0 Å². The van der Waals surface area contributed by atoms with Gasteiger partial charge >= 0.3 is 0 Å². The first-order valence-corrected chi connectivity index (χ1v) is 6.88. The number of nitrogens with zero attached hydrogens (tertiary/aromatic N) is 2. The summed E-state index contributed by atoms with van der Waals surface area (Å²) in [6.07, 6.45) is 0. The lowest BCUT2D eigenvalue weighted by molar-refractivity contribution is -0.129.